The monoisotopic (exact) mass is 1030 g/mol. The minimum absolute atomic E-state index is 0. The standard InChI is InChI=1S/C25H25ClN6O2.C22H22N6O.C3H2Cl2O2.2CH4/c26-13-12-21(33)31-14-4-5-18(15-31)32-25-22(24(27)28-16-29-25)23(30-32)17-8-10-20(11-9-17)34-19-6-2-1-3-7-19;23-21-19-20(15-8-10-18(11-9-15)29-17-6-2-1-3-7-17)27-28(22(19)26-14-25-21)16-5-4-12-24-13-16;4-2(6)1-3(5)7;;/h1-3,6-11,16,18H,4-5,12-15H2,(H2,27,28,29);1-3,6-11,14,16,24H,4-5,12-13H2,(H2,23,25,26);1H2;2*1H4/t18-;16-;;;/m11.../s1. The van der Waals surface area contributed by atoms with Crippen molar-refractivity contribution >= 4 is 84.9 Å². The summed E-state index contributed by atoms with van der Waals surface area (Å²) in [6.45, 7) is 3.23. The second-order valence-corrected chi connectivity index (χ2v) is 17.6. The maximum atomic E-state index is 12.4. The molecule has 2 aliphatic rings. The van der Waals surface area contributed by atoms with Crippen LogP contribution in [0.2, 0.25) is 0 Å². The third kappa shape index (κ3) is 13.4. The van der Waals surface area contributed by atoms with Gasteiger partial charge in [-0.1, -0.05) is 51.3 Å². The molecule has 376 valence electrons. The van der Waals surface area contributed by atoms with Crippen molar-refractivity contribution in [2.45, 2.75) is 65.5 Å². The zero-order valence-corrected chi connectivity index (χ0v) is 40.1. The molecule has 0 aliphatic carbocycles. The van der Waals surface area contributed by atoms with Crippen molar-refractivity contribution < 1.29 is 23.9 Å². The van der Waals surface area contributed by atoms with E-state index in [9.17, 15) is 14.4 Å². The number of hydrogen-bond donors (Lipinski definition) is 3. The second-order valence-electron chi connectivity index (χ2n) is 16.3. The number of rotatable bonds is 12. The summed E-state index contributed by atoms with van der Waals surface area (Å²) in [4.78, 5) is 51.1. The van der Waals surface area contributed by atoms with Gasteiger partial charge in [0.15, 0.2) is 11.3 Å². The predicted octanol–water partition coefficient (Wildman–Crippen LogP) is 10.6. The molecule has 0 bridgehead atoms. The van der Waals surface area contributed by atoms with E-state index in [-0.39, 0.29) is 39.3 Å². The maximum absolute atomic E-state index is 12.4. The summed E-state index contributed by atoms with van der Waals surface area (Å²) >= 11 is 15.2. The topological polar surface area (TPSA) is 224 Å². The number of fused-ring (bicyclic) bond motifs is 2. The Balaban J connectivity index is 0.000000205. The van der Waals surface area contributed by atoms with Crippen LogP contribution in [0.3, 0.4) is 0 Å². The molecule has 0 radical (unpaired) electrons. The summed E-state index contributed by atoms with van der Waals surface area (Å²) in [6, 6.07) is 35.2. The highest BCUT2D eigenvalue weighted by Crippen LogP contribution is 2.36. The fourth-order valence-corrected chi connectivity index (χ4v) is 8.76. The van der Waals surface area contributed by atoms with Crippen molar-refractivity contribution in [1.29, 1.82) is 0 Å². The van der Waals surface area contributed by atoms with E-state index >= 15 is 0 Å². The molecule has 4 aromatic carbocycles. The van der Waals surface area contributed by atoms with Crippen molar-refractivity contribution in [3.05, 3.63) is 122 Å². The Labute approximate surface area is 432 Å². The highest BCUT2D eigenvalue weighted by molar-refractivity contribution is 6.72. The first kappa shape index (κ1) is 54.2. The fraction of sp³-hybridized carbons (Fsp3) is 0.288. The number of nitrogens with one attached hydrogen (secondary N) is 1. The van der Waals surface area contributed by atoms with Gasteiger partial charge in [-0.2, -0.15) is 10.2 Å². The molecular formula is C52H57Cl3N12O5. The van der Waals surface area contributed by atoms with Crippen LogP contribution in [0.15, 0.2) is 122 Å². The Hall–Kier alpha value is -7.18. The van der Waals surface area contributed by atoms with Crippen LogP contribution in [0.1, 0.15) is 65.5 Å². The van der Waals surface area contributed by atoms with E-state index in [0.29, 0.717) is 47.2 Å². The lowest BCUT2D eigenvalue weighted by atomic mass is 10.1. The molecule has 2 atom stereocenters. The van der Waals surface area contributed by atoms with Gasteiger partial charge in [0.1, 0.15) is 58.7 Å². The van der Waals surface area contributed by atoms with E-state index in [1.807, 2.05) is 123 Å². The number of para-hydroxylation sites is 2. The van der Waals surface area contributed by atoms with Crippen molar-refractivity contribution in [2.24, 2.45) is 0 Å². The number of halogens is 3. The molecule has 1 amide bonds. The Bertz CT molecular complexity index is 3030. The maximum Gasteiger partial charge on any atom is 0.230 e. The number of amides is 1. The smallest absolute Gasteiger partial charge is 0.230 e. The van der Waals surface area contributed by atoms with Gasteiger partial charge < -0.3 is 31.2 Å². The van der Waals surface area contributed by atoms with Crippen molar-refractivity contribution in [1.82, 2.24) is 49.7 Å². The number of nitrogens with two attached hydrogens (primary N) is 2. The number of anilines is 2. The molecule has 72 heavy (non-hydrogen) atoms. The van der Waals surface area contributed by atoms with Crippen LogP contribution in [0.25, 0.3) is 44.6 Å². The molecule has 0 spiro atoms. The SMILES string of the molecule is C.C.Nc1ncnc2c1c(-c1ccc(Oc3ccccc3)cc1)nn2[C@@H]1CCCN(C(=O)CCCl)C1.Nc1ncnc2c1c(-c1ccc(Oc3ccccc3)cc1)nn2[C@@H]1CCCNC1.O=C(Cl)CC(=O)Cl. The Morgan fingerprint density at radius 3 is 1.51 bits per heavy atom. The summed E-state index contributed by atoms with van der Waals surface area (Å²) in [5.41, 5.74) is 17.3. The minimum atomic E-state index is -0.722. The average molecular weight is 1040 g/mol. The van der Waals surface area contributed by atoms with Gasteiger partial charge in [0, 0.05) is 43.1 Å². The number of carbonyl (C=O) groups is 3. The van der Waals surface area contributed by atoms with E-state index < -0.39 is 10.5 Å². The second kappa shape index (κ2) is 25.8. The first-order valence-corrected chi connectivity index (χ1v) is 23.9. The van der Waals surface area contributed by atoms with Gasteiger partial charge in [-0.25, -0.2) is 29.3 Å². The minimum Gasteiger partial charge on any atom is -0.457 e. The molecule has 2 aliphatic heterocycles. The number of nitrogens with zero attached hydrogens (tertiary/aromatic N) is 9. The zero-order valence-electron chi connectivity index (χ0n) is 37.8. The molecule has 2 saturated heterocycles. The largest absolute Gasteiger partial charge is 0.457 e. The third-order valence-electron chi connectivity index (χ3n) is 11.5. The van der Waals surface area contributed by atoms with Gasteiger partial charge in [-0.15, -0.1) is 11.6 Å². The van der Waals surface area contributed by atoms with Crippen LogP contribution >= 0.6 is 34.8 Å². The fourth-order valence-electron chi connectivity index (χ4n) is 8.29. The Morgan fingerprint density at radius 1 is 0.625 bits per heavy atom. The summed E-state index contributed by atoms with van der Waals surface area (Å²) in [6.07, 6.45) is 6.89. The number of nitrogen functional groups attached to an aromatic ring is 2. The highest BCUT2D eigenvalue weighted by atomic mass is 35.5. The van der Waals surface area contributed by atoms with Crippen molar-refractivity contribution in [2.75, 3.05) is 43.5 Å². The molecule has 4 aromatic heterocycles. The van der Waals surface area contributed by atoms with Gasteiger partial charge >= 0.3 is 0 Å². The summed E-state index contributed by atoms with van der Waals surface area (Å²) < 4.78 is 15.7. The van der Waals surface area contributed by atoms with Crippen molar-refractivity contribution in [3.63, 3.8) is 0 Å². The molecular weight excluding hydrogens is 979 g/mol. The molecule has 17 nitrogen and oxygen atoms in total. The van der Waals surface area contributed by atoms with E-state index in [0.717, 1.165) is 96.2 Å². The number of carbonyl (C=O) groups excluding carboxylic acids is 3. The zero-order chi connectivity index (χ0) is 49.0. The molecule has 10 rings (SSSR count). The molecule has 2 fully saturated rings. The molecule has 0 unspecified atom stereocenters. The van der Waals surface area contributed by atoms with Crippen LogP contribution < -0.4 is 26.3 Å². The molecule has 5 N–H and O–H groups in total. The van der Waals surface area contributed by atoms with Gasteiger partial charge in [-0.05, 0) is 128 Å². The van der Waals surface area contributed by atoms with Crippen LogP contribution in [-0.4, -0.2) is 92.8 Å². The van der Waals surface area contributed by atoms with Crippen LogP contribution in [0, 0.1) is 0 Å². The molecule has 20 heteroatoms. The van der Waals surface area contributed by atoms with Crippen LogP contribution in [0.4, 0.5) is 11.6 Å². The highest BCUT2D eigenvalue weighted by Gasteiger charge is 2.29. The van der Waals surface area contributed by atoms with E-state index in [4.69, 9.17) is 65.9 Å². The Morgan fingerprint density at radius 2 is 1.08 bits per heavy atom. The number of likely N-dealkylation sites (tertiary alicyclic amines) is 1. The van der Waals surface area contributed by atoms with Gasteiger partial charge in [0.2, 0.25) is 16.4 Å². The summed E-state index contributed by atoms with van der Waals surface area (Å²) in [5, 5.41) is 13.3. The first-order valence-electron chi connectivity index (χ1n) is 22.6. The number of aromatic nitrogens is 8. The Kier molecular flexibility index (Phi) is 19.4. The van der Waals surface area contributed by atoms with Gasteiger partial charge in [0.25, 0.3) is 0 Å². The van der Waals surface area contributed by atoms with E-state index in [1.165, 1.54) is 12.7 Å². The number of benzene rings is 4. The predicted molar refractivity (Wildman–Crippen MR) is 285 cm³/mol. The third-order valence-corrected chi connectivity index (χ3v) is 12.0. The molecule has 8 aromatic rings. The molecule has 0 saturated carbocycles. The number of hydrogen-bond acceptors (Lipinski definition) is 14. The normalized spacial score (nSPS) is 15.1. The van der Waals surface area contributed by atoms with E-state index in [1.54, 1.807) is 0 Å². The molecule has 6 heterocycles. The number of alkyl halides is 1. The van der Waals surface area contributed by atoms with Crippen molar-refractivity contribution in [3.8, 4) is 45.5 Å². The quantitative estimate of drug-likeness (QED) is 0.0588. The van der Waals surface area contributed by atoms with E-state index in [2.05, 4.69) is 25.3 Å². The average Bonchev–Trinajstić information content (AvgIpc) is 3.97. The van der Waals surface area contributed by atoms with Crippen LogP contribution in [0.5, 0.6) is 23.0 Å². The number of ether oxygens (including phenoxy) is 2. The lowest BCUT2D eigenvalue weighted by molar-refractivity contribution is -0.132. The number of piperidine rings is 2. The lowest BCUT2D eigenvalue weighted by Gasteiger charge is -2.33. The summed E-state index contributed by atoms with van der Waals surface area (Å²) in [7, 11) is 0. The van der Waals surface area contributed by atoms with Crippen LogP contribution in [-0.2, 0) is 14.4 Å². The van der Waals surface area contributed by atoms with Gasteiger partial charge in [-0.3, -0.25) is 14.4 Å². The summed E-state index contributed by atoms with van der Waals surface area (Å²) in [5.74, 6) is 4.28. The lowest BCUT2D eigenvalue weighted by Crippen LogP contribution is -2.41. The van der Waals surface area contributed by atoms with Gasteiger partial charge in [0.05, 0.1) is 29.3 Å². The first-order chi connectivity index (χ1) is 34.1.